The number of fused-ring (bicyclic) bond motifs is 1. The van der Waals surface area contributed by atoms with Crippen LogP contribution in [0.1, 0.15) is 10.5 Å². The summed E-state index contributed by atoms with van der Waals surface area (Å²) < 4.78 is 20.4. The first kappa shape index (κ1) is 19.4. The molecule has 0 unspecified atom stereocenters. The summed E-state index contributed by atoms with van der Waals surface area (Å²) >= 11 is 0. The molecule has 0 bridgehead atoms. The van der Waals surface area contributed by atoms with Crippen LogP contribution >= 0.6 is 0 Å². The molecule has 32 heavy (non-hydrogen) atoms. The van der Waals surface area contributed by atoms with Crippen molar-refractivity contribution in [3.63, 3.8) is 0 Å². The summed E-state index contributed by atoms with van der Waals surface area (Å²) in [7, 11) is 0. The Morgan fingerprint density at radius 1 is 0.938 bits per heavy atom. The van der Waals surface area contributed by atoms with Crippen molar-refractivity contribution in [2.24, 2.45) is 0 Å². The Balaban J connectivity index is 1.34. The third kappa shape index (κ3) is 3.89. The minimum Gasteiger partial charge on any atom is -0.453 e. The van der Waals surface area contributed by atoms with Gasteiger partial charge in [0.05, 0.1) is 11.1 Å². The molecule has 0 saturated carbocycles. The molecule has 0 fully saturated rings. The quantitative estimate of drug-likeness (QED) is 0.404. The molecule has 3 heterocycles. The average molecular weight is 425 g/mol. The minimum absolute atomic E-state index is 0.0325. The topological polar surface area (TPSA) is 92.8 Å². The van der Waals surface area contributed by atoms with E-state index < -0.39 is 11.7 Å². The minimum atomic E-state index is -0.615. The van der Waals surface area contributed by atoms with E-state index in [9.17, 15) is 9.18 Å². The zero-order valence-electron chi connectivity index (χ0n) is 16.6. The number of carbonyl (C=O) groups is 1. The van der Waals surface area contributed by atoms with Gasteiger partial charge in [0.1, 0.15) is 23.4 Å². The van der Waals surface area contributed by atoms with Crippen LogP contribution in [0.25, 0.3) is 22.3 Å². The monoisotopic (exact) mass is 425 g/mol. The number of nitrogens with zero attached hydrogens (tertiary/aromatic N) is 3. The van der Waals surface area contributed by atoms with Crippen LogP contribution in [-0.2, 0) is 0 Å². The van der Waals surface area contributed by atoms with E-state index >= 15 is 0 Å². The maximum atomic E-state index is 14.7. The molecule has 8 heteroatoms. The summed E-state index contributed by atoms with van der Waals surface area (Å²) in [6, 6.07) is 18.7. The smallest absolute Gasteiger partial charge is 0.274 e. The van der Waals surface area contributed by atoms with Crippen LogP contribution in [0.5, 0.6) is 11.5 Å². The third-order valence-corrected chi connectivity index (χ3v) is 4.80. The Morgan fingerprint density at radius 2 is 1.81 bits per heavy atom. The number of pyridine rings is 1. The maximum absolute atomic E-state index is 14.7. The van der Waals surface area contributed by atoms with Crippen molar-refractivity contribution in [2.75, 3.05) is 5.32 Å². The molecule has 0 spiro atoms. The molecule has 0 aliphatic rings. The zero-order chi connectivity index (χ0) is 21.9. The fourth-order valence-electron chi connectivity index (χ4n) is 3.25. The Kier molecular flexibility index (Phi) is 5.01. The van der Waals surface area contributed by atoms with Gasteiger partial charge in [-0.25, -0.2) is 19.3 Å². The van der Waals surface area contributed by atoms with Gasteiger partial charge in [0.15, 0.2) is 11.6 Å². The standard InChI is InChI=1S/C24H16FN5O2/c25-18-12-16(6-7-22(18)32-21-9-11-27-23-17(21)8-10-26-23)30-24(31)20-13-19(28-14-29-20)15-4-2-1-3-5-15/h1-14H,(H,26,27)(H,30,31). The van der Waals surface area contributed by atoms with Crippen LogP contribution in [-0.4, -0.2) is 25.8 Å². The van der Waals surface area contributed by atoms with Gasteiger partial charge in [-0.3, -0.25) is 4.79 Å². The van der Waals surface area contributed by atoms with Crippen LogP contribution in [0, 0.1) is 5.82 Å². The number of hydrogen-bond acceptors (Lipinski definition) is 5. The normalized spacial score (nSPS) is 10.8. The van der Waals surface area contributed by atoms with E-state index in [0.29, 0.717) is 17.1 Å². The first-order valence-corrected chi connectivity index (χ1v) is 9.76. The van der Waals surface area contributed by atoms with Gasteiger partial charge in [0.2, 0.25) is 0 Å². The van der Waals surface area contributed by atoms with Gasteiger partial charge in [-0.1, -0.05) is 30.3 Å². The van der Waals surface area contributed by atoms with E-state index in [-0.39, 0.29) is 17.1 Å². The van der Waals surface area contributed by atoms with Gasteiger partial charge in [0.25, 0.3) is 5.91 Å². The number of rotatable bonds is 5. The predicted octanol–water partition coefficient (Wildman–Crippen LogP) is 5.20. The highest BCUT2D eigenvalue weighted by Crippen LogP contribution is 2.31. The van der Waals surface area contributed by atoms with Crippen LogP contribution in [0.2, 0.25) is 0 Å². The molecule has 0 atom stereocenters. The van der Waals surface area contributed by atoms with Crippen molar-refractivity contribution in [3.8, 4) is 22.8 Å². The highest BCUT2D eigenvalue weighted by atomic mass is 19.1. The first-order valence-electron chi connectivity index (χ1n) is 9.76. The van der Waals surface area contributed by atoms with Gasteiger partial charge < -0.3 is 15.0 Å². The number of benzene rings is 2. The van der Waals surface area contributed by atoms with E-state index in [4.69, 9.17) is 4.74 Å². The summed E-state index contributed by atoms with van der Waals surface area (Å²) in [4.78, 5) is 28.0. The zero-order valence-corrected chi connectivity index (χ0v) is 16.6. The van der Waals surface area contributed by atoms with Gasteiger partial charge >= 0.3 is 0 Å². The number of H-pyrrole nitrogens is 1. The van der Waals surface area contributed by atoms with Gasteiger partial charge in [0, 0.05) is 29.7 Å². The Bertz CT molecular complexity index is 1420. The fourth-order valence-corrected chi connectivity index (χ4v) is 3.25. The number of anilines is 1. The summed E-state index contributed by atoms with van der Waals surface area (Å²) in [6.45, 7) is 0. The average Bonchev–Trinajstić information content (AvgIpc) is 3.31. The molecular weight excluding hydrogens is 409 g/mol. The van der Waals surface area contributed by atoms with Crippen molar-refractivity contribution >= 4 is 22.6 Å². The van der Waals surface area contributed by atoms with E-state index in [1.807, 2.05) is 30.3 Å². The molecule has 0 aliphatic carbocycles. The molecule has 5 rings (SSSR count). The van der Waals surface area contributed by atoms with Crippen molar-refractivity contribution in [1.82, 2.24) is 19.9 Å². The van der Waals surface area contributed by atoms with E-state index in [2.05, 4.69) is 25.3 Å². The first-order chi connectivity index (χ1) is 15.7. The summed E-state index contributed by atoms with van der Waals surface area (Å²) in [5.41, 5.74) is 2.58. The van der Waals surface area contributed by atoms with Crippen LogP contribution in [0.3, 0.4) is 0 Å². The maximum Gasteiger partial charge on any atom is 0.274 e. The van der Waals surface area contributed by atoms with E-state index in [1.54, 1.807) is 36.7 Å². The fraction of sp³-hybridized carbons (Fsp3) is 0. The second-order valence-corrected chi connectivity index (χ2v) is 6.90. The second-order valence-electron chi connectivity index (χ2n) is 6.90. The van der Waals surface area contributed by atoms with E-state index in [1.165, 1.54) is 18.5 Å². The number of aromatic amines is 1. The highest BCUT2D eigenvalue weighted by Gasteiger charge is 2.13. The molecule has 156 valence electrons. The Hall–Kier alpha value is -4.59. The lowest BCUT2D eigenvalue weighted by atomic mass is 10.1. The lowest BCUT2D eigenvalue weighted by Crippen LogP contribution is -2.14. The molecule has 3 aromatic heterocycles. The Labute approximate surface area is 182 Å². The molecule has 5 aromatic rings. The number of carbonyl (C=O) groups excluding carboxylic acids is 1. The van der Waals surface area contributed by atoms with Gasteiger partial charge in [-0.2, -0.15) is 0 Å². The molecule has 0 radical (unpaired) electrons. The number of hydrogen-bond donors (Lipinski definition) is 2. The van der Waals surface area contributed by atoms with Crippen LogP contribution in [0.15, 0.2) is 85.5 Å². The number of ether oxygens (including phenoxy) is 1. The van der Waals surface area contributed by atoms with Crippen molar-refractivity contribution in [1.29, 1.82) is 0 Å². The number of aromatic nitrogens is 4. The lowest BCUT2D eigenvalue weighted by Gasteiger charge is -2.10. The van der Waals surface area contributed by atoms with Crippen LogP contribution < -0.4 is 10.1 Å². The second kappa shape index (κ2) is 8.27. The number of nitrogens with one attached hydrogen (secondary N) is 2. The van der Waals surface area contributed by atoms with Crippen molar-refractivity contribution in [3.05, 3.63) is 97.0 Å². The van der Waals surface area contributed by atoms with Gasteiger partial charge in [-0.05, 0) is 30.3 Å². The largest absolute Gasteiger partial charge is 0.453 e. The molecule has 7 nitrogen and oxygen atoms in total. The number of amides is 1. The Morgan fingerprint density at radius 3 is 2.66 bits per heavy atom. The molecule has 1 amide bonds. The molecule has 0 aliphatic heterocycles. The van der Waals surface area contributed by atoms with E-state index in [0.717, 1.165) is 10.9 Å². The number of halogens is 1. The SMILES string of the molecule is O=C(Nc1ccc(Oc2ccnc3[nH]ccc23)c(F)c1)c1cc(-c2ccccc2)ncn1. The summed E-state index contributed by atoms with van der Waals surface area (Å²) in [5, 5.41) is 3.39. The van der Waals surface area contributed by atoms with Crippen molar-refractivity contribution in [2.45, 2.75) is 0 Å². The third-order valence-electron chi connectivity index (χ3n) is 4.80. The van der Waals surface area contributed by atoms with Crippen LogP contribution in [0.4, 0.5) is 10.1 Å². The van der Waals surface area contributed by atoms with Crippen molar-refractivity contribution < 1.29 is 13.9 Å². The molecule has 2 N–H and O–H groups in total. The molecule has 2 aromatic carbocycles. The summed E-state index contributed by atoms with van der Waals surface area (Å²) in [5.74, 6) is -0.580. The van der Waals surface area contributed by atoms with Gasteiger partial charge in [-0.15, -0.1) is 0 Å². The predicted molar refractivity (Wildman–Crippen MR) is 118 cm³/mol. The highest BCUT2D eigenvalue weighted by molar-refractivity contribution is 6.03. The lowest BCUT2D eigenvalue weighted by molar-refractivity contribution is 0.102. The summed E-state index contributed by atoms with van der Waals surface area (Å²) in [6.07, 6.45) is 4.63. The molecular formula is C24H16FN5O2. The molecule has 0 saturated heterocycles.